The number of aliphatic hydroxyl groups is 1. The van der Waals surface area contributed by atoms with E-state index in [1.807, 2.05) is 69.4 Å². The Morgan fingerprint density at radius 2 is 1.03 bits per heavy atom. The van der Waals surface area contributed by atoms with E-state index < -0.39 is 52.5 Å². The second-order valence-corrected chi connectivity index (χ2v) is 33.6. The van der Waals surface area contributed by atoms with Gasteiger partial charge in [-0.25, -0.2) is 9.59 Å². The number of methoxy groups -OCH3 is 2. The Bertz CT molecular complexity index is 5310. The summed E-state index contributed by atoms with van der Waals surface area (Å²) in [6.45, 7) is 13.0. The van der Waals surface area contributed by atoms with Crippen LogP contribution in [0.4, 0.5) is 0 Å². The molecule has 4 fully saturated rings. The van der Waals surface area contributed by atoms with Gasteiger partial charge in [0.15, 0.2) is 57.1 Å². The Hall–Kier alpha value is -8.49. The number of para-hydroxylation sites is 2. The van der Waals surface area contributed by atoms with Crippen molar-refractivity contribution < 1.29 is 104 Å². The number of nitriles is 1. The van der Waals surface area contributed by atoms with Gasteiger partial charge in [-0.2, -0.15) is 5.26 Å². The average molecular weight is 1680 g/mol. The fourth-order valence-electron chi connectivity index (χ4n) is 21.2. The van der Waals surface area contributed by atoms with Crippen molar-refractivity contribution in [3.8, 4) is 52.1 Å². The molecule has 16 heterocycles. The van der Waals surface area contributed by atoms with Crippen LogP contribution in [0.15, 0.2) is 69.5 Å². The molecular weight excluding hydrogens is 1580 g/mol. The number of nitrogens with zero attached hydrogens (tertiary/aromatic N) is 6. The third kappa shape index (κ3) is 11.3. The van der Waals surface area contributed by atoms with Crippen molar-refractivity contribution in [2.75, 3.05) is 79.7 Å². The van der Waals surface area contributed by atoms with Crippen molar-refractivity contribution in [2.45, 2.75) is 169 Å². The molecule has 1 radical (unpaired) electrons. The summed E-state index contributed by atoms with van der Waals surface area (Å²) < 4.78 is 62.6. The molecule has 113 heavy (non-hydrogen) atoms. The minimum absolute atomic E-state index is 0. The number of likely N-dealkylation sites (N-methyl/N-ethyl adjacent to an activating group) is 2. The standard InChI is InChI=1S/C41H43N5O7S.C40H44N4O8S.CH4.Ag.HNO3/c1-18-10-21-11-25-26(14-43)46-27-15-50-40(48)41(39-24(12-22(13-42)44-41)23-8-6-7-9-28(23)53-39)16-54-38(29-19(2)20(3)36-37(31(27)29)52-17-51-36)33(46)32(45(25)4)30(21)34(47)35(18)49-5;1-17-10-20-11-24-38(46)44-25-14-49-39(47)40(37-23(12-21(13-41)42-40)22-8-6-7-9-26(22)52-37)15-53-36(27-18(2)19(3)34-35(29(25)27)51-16-50-34)31(44)30(43(24)4)28(20)32(45)33(17)48-5;;;2-1(3)4/h6-10,22,25-27,32-33,38,44,47H,11-13,15-17,42H2,1-5H3;6-10,21,24-25,30-31,36,38,42,45-46H,11-16,41H2,1-5H3;1H4;;(H,2,3,4)/t22-,25-,26-,27-,32+,33+,38+,41+;21-,24-,25-,30+,31+,36+,38-,40+;;;/m00.../s1. The number of esters is 2. The van der Waals surface area contributed by atoms with E-state index in [-0.39, 0.29) is 138 Å². The smallest absolute Gasteiger partial charge is 0.335 e. The van der Waals surface area contributed by atoms with Gasteiger partial charge in [0, 0.05) is 132 Å². The topological polar surface area (TPSA) is 371 Å². The molecular formula is C82H92AgN10O18S2. The van der Waals surface area contributed by atoms with E-state index >= 15 is 0 Å². The second-order valence-electron chi connectivity index (χ2n) is 31.3. The predicted octanol–water partition coefficient (Wildman–Crippen LogP) is 9.17. The first kappa shape index (κ1) is 78.4. The number of nitrogens with two attached hydrogens (primary N) is 2. The van der Waals surface area contributed by atoms with Gasteiger partial charge in [-0.15, -0.1) is 33.6 Å². The molecule has 2 spiro atoms. The van der Waals surface area contributed by atoms with E-state index in [0.29, 0.717) is 96.0 Å². The van der Waals surface area contributed by atoms with Gasteiger partial charge >= 0.3 is 11.9 Å². The molecule has 4 saturated heterocycles. The zero-order valence-corrected chi connectivity index (χ0v) is 66.4. The van der Waals surface area contributed by atoms with E-state index in [1.165, 1.54) is 0 Å². The summed E-state index contributed by atoms with van der Waals surface area (Å²) in [4.78, 5) is 47.1. The summed E-state index contributed by atoms with van der Waals surface area (Å²) in [6, 6.07) is 18.7. The molecule has 0 saturated carbocycles. The van der Waals surface area contributed by atoms with E-state index in [9.17, 15) is 30.2 Å². The molecule has 28 nitrogen and oxygen atoms in total. The normalized spacial score (nSPS) is 29.8. The molecule has 0 aliphatic carbocycles. The number of thioether (sulfide) groups is 2. The van der Waals surface area contributed by atoms with E-state index in [2.05, 4.69) is 83.2 Å². The van der Waals surface area contributed by atoms with Gasteiger partial charge in [0.25, 0.3) is 5.09 Å². The maximum absolute atomic E-state index is 14.9. The summed E-state index contributed by atoms with van der Waals surface area (Å²) in [5.41, 5.74) is 26.8. The fourth-order valence-corrected chi connectivity index (χ4v) is 24.7. The number of rotatable bonds is 4. The van der Waals surface area contributed by atoms with Gasteiger partial charge in [0.2, 0.25) is 13.6 Å². The fraction of sp³-hybridized carbons (Fsp3) is 0.476. The zero-order valence-electron chi connectivity index (χ0n) is 63.3. The quantitative estimate of drug-likeness (QED) is 0.0352. The minimum atomic E-state index is -1.50. The molecule has 0 amide bonds. The number of hydrogen-bond acceptors (Lipinski definition) is 28. The average Bonchev–Trinajstić information content (AvgIpc) is 1.23. The number of aryl methyl sites for hydroxylation is 2. The number of carbonyl (C=O) groups is 2. The number of furan rings is 2. The number of fused-ring (bicyclic) bond motifs is 22. The molecule has 601 valence electrons. The van der Waals surface area contributed by atoms with Gasteiger partial charge in [-0.1, -0.05) is 56.0 Å². The maximum atomic E-state index is 14.9. The van der Waals surface area contributed by atoms with Crippen LogP contribution in [0.3, 0.4) is 0 Å². The van der Waals surface area contributed by atoms with Crippen LogP contribution in [0.5, 0.6) is 46.0 Å². The zero-order chi connectivity index (χ0) is 77.6. The number of hydrogen-bond donors (Lipinski definition) is 8. The van der Waals surface area contributed by atoms with Crippen LogP contribution >= 0.6 is 23.5 Å². The molecule has 16 atom stereocenters. The monoisotopic (exact) mass is 1680 g/mol. The molecule has 8 bridgehead atoms. The maximum Gasteiger partial charge on any atom is 0.335 e. The van der Waals surface area contributed by atoms with Gasteiger partial charge in [0.1, 0.15) is 48.2 Å². The van der Waals surface area contributed by atoms with Gasteiger partial charge in [-0.05, 0) is 149 Å². The third-order valence-corrected chi connectivity index (χ3v) is 29.1. The van der Waals surface area contributed by atoms with Crippen LogP contribution in [-0.2, 0) is 78.2 Å². The largest absolute Gasteiger partial charge is 0.504 e. The van der Waals surface area contributed by atoms with Crippen LogP contribution in [0.1, 0.15) is 143 Å². The number of ether oxygens (including phenoxy) is 8. The molecule has 6 aromatic carbocycles. The van der Waals surface area contributed by atoms with Gasteiger partial charge in [-0.3, -0.25) is 30.2 Å². The van der Waals surface area contributed by atoms with E-state index in [4.69, 9.17) is 73.5 Å². The molecule has 0 unspecified atom stereocenters. The van der Waals surface area contributed by atoms with Crippen LogP contribution in [-0.4, -0.2) is 185 Å². The molecule has 8 aromatic rings. The Morgan fingerprint density at radius 1 is 0.619 bits per heavy atom. The Morgan fingerprint density at radius 3 is 1.46 bits per heavy atom. The first-order chi connectivity index (χ1) is 53.4. The van der Waals surface area contributed by atoms with Gasteiger partial charge < -0.3 is 78.7 Å². The summed E-state index contributed by atoms with van der Waals surface area (Å²) in [5.74, 6) is 4.58. The second kappa shape index (κ2) is 29.0. The Labute approximate surface area is 676 Å². The number of phenols is 2. The van der Waals surface area contributed by atoms with Crippen molar-refractivity contribution in [3.63, 3.8) is 0 Å². The molecule has 14 aliphatic heterocycles. The molecule has 14 aliphatic rings. The summed E-state index contributed by atoms with van der Waals surface area (Å²) >= 11 is 3.29. The summed E-state index contributed by atoms with van der Waals surface area (Å²) in [7, 11) is 7.27. The summed E-state index contributed by atoms with van der Waals surface area (Å²) in [5, 5.41) is 70.0. The number of phenolic OH excluding ortho intramolecular Hbond substituents is 2. The molecule has 22 rings (SSSR count). The van der Waals surface area contributed by atoms with E-state index in [1.54, 1.807) is 37.7 Å². The minimum Gasteiger partial charge on any atom is -0.504 e. The summed E-state index contributed by atoms with van der Waals surface area (Å²) in [6.07, 6.45) is 1.39. The Balaban J connectivity index is 0.000000160. The van der Waals surface area contributed by atoms with Crippen molar-refractivity contribution in [3.05, 3.63) is 171 Å². The number of aliphatic hydroxyl groups excluding tert-OH is 1. The number of carbonyl (C=O) groups excluding carboxylic acids is 2. The van der Waals surface area contributed by atoms with Crippen LogP contribution < -0.4 is 50.5 Å². The van der Waals surface area contributed by atoms with Crippen molar-refractivity contribution in [1.29, 1.82) is 5.26 Å². The van der Waals surface area contributed by atoms with Crippen molar-refractivity contribution >= 4 is 57.4 Å². The molecule has 10 N–H and O–H groups in total. The third-order valence-electron chi connectivity index (χ3n) is 26.1. The Kier molecular flexibility index (Phi) is 20.2. The number of piperazine rings is 2. The molecule has 31 heteroatoms. The SMILES string of the molecule is C.COc1c(C)cc2c(c1O)[C@@H]1[C@@H]3[C@@H]4SC[C@]5(N[C@H](CN)Cc6c5oc5ccccc65)C(=O)OC[C@@H](c5c6c(c(C)c(C)c54)OCO6)N3[C@@H](C#N)[C@H](C2)N1C.COc1c(C)cc2c(c1O)[C@@H]1[C@@H]3[C@@H]4SC[C@]5(N[C@H](CN)Cc6c5oc5ccccc65)C(=O)OC[C@@H](c5c6c(c(C)c(C)c54)OCO6)N3[C@@H](O)[C@H](C2)N1C.O=[N+]([O-])O.[Ag]. The number of benzene rings is 6. The van der Waals surface area contributed by atoms with Gasteiger partial charge in [0.05, 0.1) is 50.5 Å². The van der Waals surface area contributed by atoms with E-state index in [0.717, 1.165) is 99.8 Å². The van der Waals surface area contributed by atoms with Crippen LogP contribution in [0.2, 0.25) is 0 Å². The van der Waals surface area contributed by atoms with Crippen molar-refractivity contribution in [2.24, 2.45) is 11.5 Å². The van der Waals surface area contributed by atoms with Crippen LogP contribution in [0.25, 0.3) is 21.9 Å². The number of nitrogens with one attached hydrogen (secondary N) is 2. The van der Waals surface area contributed by atoms with Crippen molar-refractivity contribution in [1.82, 2.24) is 30.2 Å². The predicted molar refractivity (Wildman–Crippen MR) is 414 cm³/mol. The van der Waals surface area contributed by atoms with Crippen LogP contribution in [0, 0.1) is 63.0 Å². The first-order valence-electron chi connectivity index (χ1n) is 37.5. The number of aromatic hydroxyl groups is 2. The first-order valence-corrected chi connectivity index (χ1v) is 39.6. The molecule has 2 aromatic heterocycles.